The smallest absolute Gasteiger partial charge is 0.315 e. The maximum absolute atomic E-state index is 11.0. The molecule has 0 saturated carbocycles. The fourth-order valence-corrected chi connectivity index (χ4v) is 1.89. The number of nitrogens with zero attached hydrogens (tertiary/aromatic N) is 4. The second-order valence-electron chi connectivity index (χ2n) is 4.58. The van der Waals surface area contributed by atoms with Crippen LogP contribution in [-0.2, 0) is 0 Å². The van der Waals surface area contributed by atoms with Crippen molar-refractivity contribution in [2.24, 2.45) is 5.10 Å². The highest BCUT2D eigenvalue weighted by Crippen LogP contribution is 2.36. The number of pyridine rings is 1. The van der Waals surface area contributed by atoms with Crippen LogP contribution in [0, 0.1) is 20.2 Å². The fourth-order valence-electron chi connectivity index (χ4n) is 1.89. The molecule has 0 aliphatic heterocycles. The lowest BCUT2D eigenvalue weighted by atomic mass is 10.2. The molecule has 0 aliphatic carbocycles. The normalized spacial score (nSPS) is 10.6. The van der Waals surface area contributed by atoms with Crippen LogP contribution in [0.2, 0.25) is 0 Å². The van der Waals surface area contributed by atoms with Gasteiger partial charge in [0.15, 0.2) is 5.75 Å². The van der Waals surface area contributed by atoms with E-state index >= 15 is 0 Å². The van der Waals surface area contributed by atoms with Crippen LogP contribution in [0.25, 0.3) is 0 Å². The number of nitro benzene ring substituents is 1. The van der Waals surface area contributed by atoms with Crippen molar-refractivity contribution in [3.05, 3.63) is 56.3 Å². The molecule has 0 radical (unpaired) electrons. The van der Waals surface area contributed by atoms with Gasteiger partial charge in [0.05, 0.1) is 22.7 Å². The molecule has 0 bridgehead atoms. The summed E-state index contributed by atoms with van der Waals surface area (Å²) in [5.74, 6) is -0.735. The minimum atomic E-state index is -0.758. The van der Waals surface area contributed by atoms with E-state index < -0.39 is 21.3 Å². The number of nitrogens with one attached hydrogen (secondary N) is 1. The second kappa shape index (κ2) is 7.68. The van der Waals surface area contributed by atoms with E-state index in [1.165, 1.54) is 30.6 Å². The second-order valence-corrected chi connectivity index (χ2v) is 4.58. The maximum atomic E-state index is 11.0. The first-order valence-corrected chi connectivity index (χ1v) is 6.96. The van der Waals surface area contributed by atoms with E-state index in [-0.39, 0.29) is 29.4 Å². The predicted molar refractivity (Wildman–Crippen MR) is 88.0 cm³/mol. The number of aromatic hydroxyl groups is 1. The summed E-state index contributed by atoms with van der Waals surface area (Å²) in [5.41, 5.74) is 1.83. The maximum Gasteiger partial charge on any atom is 0.315 e. The van der Waals surface area contributed by atoms with Gasteiger partial charge in [0.2, 0.25) is 11.6 Å². The molecule has 0 atom stereocenters. The Morgan fingerprint density at radius 2 is 2.04 bits per heavy atom. The number of aromatic nitrogens is 1. The molecule has 0 saturated heterocycles. The van der Waals surface area contributed by atoms with Crippen LogP contribution in [0.4, 0.5) is 17.2 Å². The van der Waals surface area contributed by atoms with Gasteiger partial charge in [-0.1, -0.05) is 0 Å². The van der Waals surface area contributed by atoms with Gasteiger partial charge in [-0.3, -0.25) is 25.7 Å². The van der Waals surface area contributed by atoms with Gasteiger partial charge in [0.25, 0.3) is 0 Å². The summed E-state index contributed by atoms with van der Waals surface area (Å²) < 4.78 is 5.15. The molecule has 1 aromatic heterocycles. The summed E-state index contributed by atoms with van der Waals surface area (Å²) in [6, 6.07) is 5.11. The average molecular weight is 347 g/mol. The van der Waals surface area contributed by atoms with Crippen LogP contribution in [0.3, 0.4) is 0 Å². The Balaban J connectivity index is 2.29. The molecule has 0 spiro atoms. The Morgan fingerprint density at radius 3 is 2.68 bits per heavy atom. The molecular weight excluding hydrogens is 334 g/mol. The van der Waals surface area contributed by atoms with Gasteiger partial charge in [-0.05, 0) is 19.1 Å². The first-order valence-electron chi connectivity index (χ1n) is 6.96. The van der Waals surface area contributed by atoms with Gasteiger partial charge in [0.1, 0.15) is 0 Å². The highest BCUT2D eigenvalue weighted by molar-refractivity contribution is 5.83. The van der Waals surface area contributed by atoms with E-state index in [9.17, 15) is 25.3 Å². The van der Waals surface area contributed by atoms with E-state index in [1.807, 2.05) is 0 Å². The van der Waals surface area contributed by atoms with Gasteiger partial charge in [-0.15, -0.1) is 0 Å². The van der Waals surface area contributed by atoms with Crippen molar-refractivity contribution in [1.82, 2.24) is 4.98 Å². The first-order chi connectivity index (χ1) is 11.9. The Labute approximate surface area is 140 Å². The molecule has 2 aromatic rings. The monoisotopic (exact) mass is 347 g/mol. The molecule has 1 aromatic carbocycles. The minimum absolute atomic E-state index is 0.0676. The van der Waals surface area contributed by atoms with Crippen molar-refractivity contribution in [1.29, 1.82) is 0 Å². The number of hydrogen-bond donors (Lipinski definition) is 2. The summed E-state index contributed by atoms with van der Waals surface area (Å²) in [5, 5.41) is 35.5. The summed E-state index contributed by atoms with van der Waals surface area (Å²) in [6.45, 7) is 1.86. The van der Waals surface area contributed by atoms with Gasteiger partial charge in [0, 0.05) is 23.9 Å². The average Bonchev–Trinajstić information content (AvgIpc) is 2.57. The van der Waals surface area contributed by atoms with Crippen molar-refractivity contribution in [3.63, 3.8) is 0 Å². The lowest BCUT2D eigenvalue weighted by Gasteiger charge is -2.07. The standard InChI is InChI=1S/C14H13N5O6/c1-2-25-12-7-9(6-11(13(12)20)19(23)24)8-16-17-14-10(18(21)22)4-3-5-15-14/h3-8,20H,2H2,1H3,(H,15,17)/b16-8-. The number of rotatable bonds is 7. The van der Waals surface area contributed by atoms with Crippen molar-refractivity contribution >= 4 is 23.4 Å². The highest BCUT2D eigenvalue weighted by Gasteiger charge is 2.19. The molecule has 0 fully saturated rings. The number of anilines is 1. The lowest BCUT2D eigenvalue weighted by Crippen LogP contribution is -2.00. The Bertz CT molecular complexity index is 838. The van der Waals surface area contributed by atoms with E-state index in [2.05, 4.69) is 15.5 Å². The van der Waals surface area contributed by atoms with Gasteiger partial charge in [-0.2, -0.15) is 5.10 Å². The molecule has 11 heteroatoms. The van der Waals surface area contributed by atoms with E-state index in [4.69, 9.17) is 4.74 Å². The third kappa shape index (κ3) is 4.16. The zero-order valence-electron chi connectivity index (χ0n) is 12.9. The Hall–Kier alpha value is -3.76. The predicted octanol–water partition coefficient (Wildman–Crippen LogP) is 2.45. The van der Waals surface area contributed by atoms with E-state index in [0.29, 0.717) is 0 Å². The van der Waals surface area contributed by atoms with E-state index in [1.54, 1.807) is 6.92 Å². The summed E-state index contributed by atoms with van der Waals surface area (Å²) >= 11 is 0. The zero-order valence-corrected chi connectivity index (χ0v) is 12.9. The van der Waals surface area contributed by atoms with E-state index in [0.717, 1.165) is 6.07 Å². The summed E-state index contributed by atoms with van der Waals surface area (Å²) in [7, 11) is 0. The number of benzene rings is 1. The Kier molecular flexibility index (Phi) is 5.40. The molecule has 2 rings (SSSR count). The van der Waals surface area contributed by atoms with Crippen molar-refractivity contribution < 1.29 is 19.7 Å². The summed E-state index contributed by atoms with van der Waals surface area (Å²) in [6.07, 6.45) is 2.54. The molecule has 25 heavy (non-hydrogen) atoms. The molecule has 0 unspecified atom stereocenters. The van der Waals surface area contributed by atoms with Crippen LogP contribution >= 0.6 is 0 Å². The molecule has 0 amide bonds. The van der Waals surface area contributed by atoms with Gasteiger partial charge in [-0.25, -0.2) is 4.98 Å². The van der Waals surface area contributed by atoms with Crippen LogP contribution in [0.1, 0.15) is 12.5 Å². The first kappa shape index (κ1) is 17.6. The van der Waals surface area contributed by atoms with Crippen molar-refractivity contribution in [2.75, 3.05) is 12.0 Å². The number of ether oxygens (including phenoxy) is 1. The molecular formula is C14H13N5O6. The van der Waals surface area contributed by atoms with Crippen LogP contribution in [0.15, 0.2) is 35.6 Å². The fraction of sp³-hybridized carbons (Fsp3) is 0.143. The minimum Gasteiger partial charge on any atom is -0.500 e. The SMILES string of the molecule is CCOc1cc(/C=N\Nc2ncccc2[N+](=O)[O-])cc([N+](=O)[O-])c1O. The van der Waals surface area contributed by atoms with Crippen LogP contribution in [0.5, 0.6) is 11.5 Å². The number of hydrazone groups is 1. The van der Waals surface area contributed by atoms with Crippen molar-refractivity contribution in [2.45, 2.75) is 6.92 Å². The van der Waals surface area contributed by atoms with Gasteiger partial charge < -0.3 is 9.84 Å². The largest absolute Gasteiger partial charge is 0.500 e. The topological polar surface area (TPSA) is 153 Å². The van der Waals surface area contributed by atoms with Crippen LogP contribution < -0.4 is 10.2 Å². The molecule has 130 valence electrons. The molecule has 11 nitrogen and oxygen atoms in total. The molecule has 0 aliphatic rings. The number of phenolic OH excluding ortho intramolecular Hbond substituents is 1. The third-order valence-electron chi connectivity index (χ3n) is 2.94. The van der Waals surface area contributed by atoms with Crippen molar-refractivity contribution in [3.8, 4) is 11.5 Å². The number of hydrogen-bond acceptors (Lipinski definition) is 9. The van der Waals surface area contributed by atoms with Gasteiger partial charge >= 0.3 is 11.4 Å². The number of nitro groups is 2. The lowest BCUT2D eigenvalue weighted by molar-refractivity contribution is -0.386. The Morgan fingerprint density at radius 1 is 1.32 bits per heavy atom. The number of phenols is 1. The molecule has 1 heterocycles. The third-order valence-corrected chi connectivity index (χ3v) is 2.94. The molecule has 2 N–H and O–H groups in total. The summed E-state index contributed by atoms with van der Waals surface area (Å²) in [4.78, 5) is 24.3. The quantitative estimate of drug-likeness (QED) is 0.440. The highest BCUT2D eigenvalue weighted by atomic mass is 16.6. The zero-order chi connectivity index (χ0) is 18.4. The van der Waals surface area contributed by atoms with Crippen LogP contribution in [-0.4, -0.2) is 32.8 Å².